The van der Waals surface area contributed by atoms with Gasteiger partial charge in [0.1, 0.15) is 11.4 Å². The van der Waals surface area contributed by atoms with Crippen LogP contribution in [-0.2, 0) is 19.4 Å². The Balaban J connectivity index is 2.41. The van der Waals surface area contributed by atoms with E-state index in [9.17, 15) is 10.1 Å². The van der Waals surface area contributed by atoms with Crippen LogP contribution < -0.4 is 0 Å². The van der Waals surface area contributed by atoms with E-state index in [1.807, 2.05) is 13.8 Å². The normalized spacial score (nSPS) is 10.8. The summed E-state index contributed by atoms with van der Waals surface area (Å²) in [6, 6.07) is 3.36. The SMILES string of the molecule is CCc1nn(Cc2ccc(Cl)nn2)c(CC)c1[N+](=O)[O-]. The van der Waals surface area contributed by atoms with Gasteiger partial charge < -0.3 is 0 Å². The van der Waals surface area contributed by atoms with Gasteiger partial charge in [-0.05, 0) is 25.0 Å². The van der Waals surface area contributed by atoms with E-state index in [2.05, 4.69) is 15.3 Å². The number of rotatable bonds is 5. The first kappa shape index (κ1) is 14.4. The highest BCUT2D eigenvalue weighted by Crippen LogP contribution is 2.25. The second-order valence-corrected chi connectivity index (χ2v) is 4.60. The van der Waals surface area contributed by atoms with Gasteiger partial charge >= 0.3 is 5.69 Å². The van der Waals surface area contributed by atoms with E-state index in [-0.39, 0.29) is 10.6 Å². The number of hydrogen-bond acceptors (Lipinski definition) is 5. The van der Waals surface area contributed by atoms with Crippen LogP contribution in [0.15, 0.2) is 12.1 Å². The summed E-state index contributed by atoms with van der Waals surface area (Å²) in [4.78, 5) is 10.8. The molecule has 0 N–H and O–H groups in total. The monoisotopic (exact) mass is 295 g/mol. The molecular formula is C12H14ClN5O2. The molecule has 0 aliphatic rings. The molecule has 0 aliphatic carbocycles. The molecule has 2 aromatic rings. The molecule has 106 valence electrons. The molecule has 0 atom stereocenters. The Morgan fingerprint density at radius 1 is 1.30 bits per heavy atom. The first-order valence-corrected chi connectivity index (χ1v) is 6.65. The zero-order valence-corrected chi connectivity index (χ0v) is 12.0. The van der Waals surface area contributed by atoms with Gasteiger partial charge in [0.05, 0.1) is 17.2 Å². The van der Waals surface area contributed by atoms with Gasteiger partial charge in [0.25, 0.3) is 0 Å². The molecule has 0 fully saturated rings. The van der Waals surface area contributed by atoms with Gasteiger partial charge in [0.15, 0.2) is 5.15 Å². The molecule has 20 heavy (non-hydrogen) atoms. The van der Waals surface area contributed by atoms with E-state index in [0.29, 0.717) is 41.6 Å². The molecule has 0 radical (unpaired) electrons. The lowest BCUT2D eigenvalue weighted by Gasteiger charge is -2.04. The van der Waals surface area contributed by atoms with E-state index >= 15 is 0 Å². The Kier molecular flexibility index (Phi) is 4.29. The Hall–Kier alpha value is -2.02. The number of nitrogens with zero attached hydrogens (tertiary/aromatic N) is 5. The van der Waals surface area contributed by atoms with Crippen molar-refractivity contribution in [2.24, 2.45) is 0 Å². The third-order valence-electron chi connectivity index (χ3n) is 2.95. The predicted octanol–water partition coefficient (Wildman–Crippen LogP) is 2.41. The highest BCUT2D eigenvalue weighted by molar-refractivity contribution is 6.29. The maximum absolute atomic E-state index is 11.2. The fraction of sp³-hybridized carbons (Fsp3) is 0.417. The molecule has 2 heterocycles. The molecule has 0 bridgehead atoms. The molecule has 0 saturated heterocycles. The maximum atomic E-state index is 11.2. The van der Waals surface area contributed by atoms with Crippen molar-refractivity contribution >= 4 is 17.3 Å². The third kappa shape index (κ3) is 2.77. The van der Waals surface area contributed by atoms with Gasteiger partial charge in [0, 0.05) is 0 Å². The average molecular weight is 296 g/mol. The Morgan fingerprint density at radius 2 is 2.05 bits per heavy atom. The van der Waals surface area contributed by atoms with E-state index in [1.165, 1.54) is 0 Å². The van der Waals surface area contributed by atoms with Crippen molar-refractivity contribution in [3.05, 3.63) is 44.5 Å². The van der Waals surface area contributed by atoms with Crippen molar-refractivity contribution in [3.8, 4) is 0 Å². The van der Waals surface area contributed by atoms with Crippen LogP contribution in [0.2, 0.25) is 5.15 Å². The Morgan fingerprint density at radius 3 is 2.55 bits per heavy atom. The van der Waals surface area contributed by atoms with Crippen molar-refractivity contribution in [1.29, 1.82) is 0 Å². The summed E-state index contributed by atoms with van der Waals surface area (Å²) in [5.74, 6) is 0. The first-order chi connectivity index (χ1) is 9.56. The standard InChI is InChI=1S/C12H14ClN5O2/c1-3-9-12(18(19)20)10(4-2)17(16-9)7-8-5-6-11(13)15-14-8/h5-6H,3-4,7H2,1-2H3. The highest BCUT2D eigenvalue weighted by atomic mass is 35.5. The summed E-state index contributed by atoms with van der Waals surface area (Å²) in [6.07, 6.45) is 1.05. The smallest absolute Gasteiger partial charge is 0.258 e. The van der Waals surface area contributed by atoms with Gasteiger partial charge in [-0.1, -0.05) is 25.4 Å². The maximum Gasteiger partial charge on any atom is 0.313 e. The van der Waals surface area contributed by atoms with Crippen molar-refractivity contribution in [2.45, 2.75) is 33.2 Å². The molecule has 0 aliphatic heterocycles. The number of halogens is 1. The minimum Gasteiger partial charge on any atom is -0.258 e. The quantitative estimate of drug-likeness (QED) is 0.624. The molecule has 0 saturated carbocycles. The molecular weight excluding hydrogens is 282 g/mol. The zero-order chi connectivity index (χ0) is 14.7. The van der Waals surface area contributed by atoms with E-state index in [4.69, 9.17) is 11.6 Å². The molecule has 0 unspecified atom stereocenters. The zero-order valence-electron chi connectivity index (χ0n) is 11.2. The van der Waals surface area contributed by atoms with Crippen molar-refractivity contribution in [3.63, 3.8) is 0 Å². The van der Waals surface area contributed by atoms with Crippen molar-refractivity contribution < 1.29 is 4.92 Å². The van der Waals surface area contributed by atoms with Crippen LogP contribution in [0.3, 0.4) is 0 Å². The minimum atomic E-state index is -0.366. The van der Waals surface area contributed by atoms with Crippen LogP contribution in [0.1, 0.15) is 30.9 Å². The molecule has 8 heteroatoms. The number of hydrogen-bond donors (Lipinski definition) is 0. The fourth-order valence-electron chi connectivity index (χ4n) is 2.05. The van der Waals surface area contributed by atoms with Crippen LogP contribution >= 0.6 is 11.6 Å². The lowest BCUT2D eigenvalue weighted by Crippen LogP contribution is -2.08. The largest absolute Gasteiger partial charge is 0.313 e. The molecule has 0 aromatic carbocycles. The number of aryl methyl sites for hydroxylation is 1. The summed E-state index contributed by atoms with van der Waals surface area (Å²) in [7, 11) is 0. The lowest BCUT2D eigenvalue weighted by atomic mass is 10.2. The van der Waals surface area contributed by atoms with Crippen molar-refractivity contribution in [1.82, 2.24) is 20.0 Å². The average Bonchev–Trinajstić information content (AvgIpc) is 2.79. The second kappa shape index (κ2) is 5.96. The lowest BCUT2D eigenvalue weighted by molar-refractivity contribution is -0.386. The van der Waals surface area contributed by atoms with Crippen LogP contribution in [0, 0.1) is 10.1 Å². The third-order valence-corrected chi connectivity index (χ3v) is 3.15. The summed E-state index contributed by atoms with van der Waals surface area (Å²) >= 11 is 5.68. The van der Waals surface area contributed by atoms with Crippen LogP contribution in [-0.4, -0.2) is 24.9 Å². The Labute approximate surface area is 120 Å². The Bertz CT molecular complexity index is 624. The number of nitro groups is 1. The highest BCUT2D eigenvalue weighted by Gasteiger charge is 2.25. The molecule has 0 spiro atoms. The summed E-state index contributed by atoms with van der Waals surface area (Å²) in [6.45, 7) is 4.06. The van der Waals surface area contributed by atoms with Crippen molar-refractivity contribution in [2.75, 3.05) is 0 Å². The van der Waals surface area contributed by atoms with Crippen LogP contribution in [0.4, 0.5) is 5.69 Å². The summed E-state index contributed by atoms with van der Waals surface area (Å²) < 4.78 is 1.62. The molecule has 7 nitrogen and oxygen atoms in total. The van der Waals surface area contributed by atoms with Gasteiger partial charge in [0.2, 0.25) is 0 Å². The summed E-state index contributed by atoms with van der Waals surface area (Å²) in [5.41, 5.74) is 1.86. The first-order valence-electron chi connectivity index (χ1n) is 6.27. The fourth-order valence-corrected chi connectivity index (χ4v) is 2.15. The van der Waals surface area contributed by atoms with Gasteiger partial charge in [-0.3, -0.25) is 14.8 Å². The van der Waals surface area contributed by atoms with E-state index in [1.54, 1.807) is 16.8 Å². The number of aromatic nitrogens is 4. The van der Waals surface area contributed by atoms with Gasteiger partial charge in [-0.25, -0.2) is 0 Å². The van der Waals surface area contributed by atoms with E-state index < -0.39 is 0 Å². The molecule has 0 amide bonds. The van der Waals surface area contributed by atoms with E-state index in [0.717, 1.165) is 0 Å². The molecule has 2 aromatic heterocycles. The predicted molar refractivity (Wildman–Crippen MR) is 73.8 cm³/mol. The van der Waals surface area contributed by atoms with Crippen LogP contribution in [0.5, 0.6) is 0 Å². The van der Waals surface area contributed by atoms with Gasteiger partial charge in [-0.15, -0.1) is 5.10 Å². The van der Waals surface area contributed by atoms with Gasteiger partial charge in [-0.2, -0.15) is 10.2 Å². The summed E-state index contributed by atoms with van der Waals surface area (Å²) in [5, 5.41) is 23.5. The minimum absolute atomic E-state index is 0.108. The molecule has 2 rings (SSSR count). The van der Waals surface area contributed by atoms with Crippen LogP contribution in [0.25, 0.3) is 0 Å². The second-order valence-electron chi connectivity index (χ2n) is 4.21. The topological polar surface area (TPSA) is 86.7 Å².